The summed E-state index contributed by atoms with van der Waals surface area (Å²) in [5.74, 6) is -1.14. The van der Waals surface area contributed by atoms with Gasteiger partial charge in [0.1, 0.15) is 40.2 Å². The first-order chi connectivity index (χ1) is 14.3. The Hall–Kier alpha value is -3.27. The summed E-state index contributed by atoms with van der Waals surface area (Å²) in [6, 6.07) is 7.75. The molecule has 0 atom stereocenters. The molecule has 0 radical (unpaired) electrons. The fourth-order valence-corrected chi connectivity index (χ4v) is 4.64. The van der Waals surface area contributed by atoms with Gasteiger partial charge in [0.25, 0.3) is 10.0 Å². The van der Waals surface area contributed by atoms with Gasteiger partial charge in [-0.15, -0.1) is 0 Å². The zero-order valence-electron chi connectivity index (χ0n) is 16.5. The molecule has 1 aromatic heterocycles. The molecule has 0 fully saturated rings. The average Bonchev–Trinajstić information content (AvgIpc) is 2.71. The number of methoxy groups -OCH3 is 2. The highest BCUT2D eigenvalue weighted by Gasteiger charge is 2.32. The highest BCUT2D eigenvalue weighted by molar-refractivity contribution is 7.92. The van der Waals surface area contributed by atoms with E-state index in [4.69, 9.17) is 9.47 Å². The normalized spacial score (nSPS) is 11.2. The minimum atomic E-state index is -4.46. The number of hydrogen-bond acceptors (Lipinski definition) is 6. The maximum atomic E-state index is 14.5. The van der Waals surface area contributed by atoms with Crippen LogP contribution in [0.25, 0.3) is 0 Å². The Balaban J connectivity index is 2.16. The van der Waals surface area contributed by atoms with E-state index < -0.39 is 26.6 Å². The number of sulfonamides is 1. The maximum Gasteiger partial charge on any atom is 0.268 e. The molecule has 0 N–H and O–H groups in total. The van der Waals surface area contributed by atoms with Crippen LogP contribution in [0.1, 0.15) is 11.1 Å². The lowest BCUT2D eigenvalue weighted by Crippen LogP contribution is -2.32. The van der Waals surface area contributed by atoms with Gasteiger partial charge in [0.2, 0.25) is 0 Å². The summed E-state index contributed by atoms with van der Waals surface area (Å²) in [5.41, 5.74) is 0.425. The molecule has 10 heteroatoms. The first-order valence-electron chi connectivity index (χ1n) is 8.73. The number of rotatable bonds is 7. The summed E-state index contributed by atoms with van der Waals surface area (Å²) < 4.78 is 66.4. The van der Waals surface area contributed by atoms with Gasteiger partial charge < -0.3 is 9.47 Å². The largest absolute Gasteiger partial charge is 0.497 e. The van der Waals surface area contributed by atoms with Crippen molar-refractivity contribution in [3.05, 3.63) is 71.7 Å². The van der Waals surface area contributed by atoms with Crippen LogP contribution in [0, 0.1) is 18.6 Å². The average molecular weight is 435 g/mol. The van der Waals surface area contributed by atoms with Crippen LogP contribution in [-0.4, -0.2) is 32.6 Å². The van der Waals surface area contributed by atoms with Crippen molar-refractivity contribution in [2.45, 2.75) is 18.4 Å². The fraction of sp³-hybridized carbons (Fsp3) is 0.200. The minimum absolute atomic E-state index is 0.0194. The molecule has 0 bridgehead atoms. The Labute approximate surface area is 173 Å². The maximum absolute atomic E-state index is 14.5. The molecule has 3 aromatic rings. The van der Waals surface area contributed by atoms with Gasteiger partial charge in [-0.05, 0) is 30.7 Å². The molecule has 0 saturated carbocycles. The van der Waals surface area contributed by atoms with Gasteiger partial charge in [0, 0.05) is 30.0 Å². The summed E-state index contributed by atoms with van der Waals surface area (Å²) in [4.78, 5) is 7.17. The van der Waals surface area contributed by atoms with Crippen molar-refractivity contribution in [1.29, 1.82) is 0 Å². The van der Waals surface area contributed by atoms with E-state index in [9.17, 15) is 17.2 Å². The van der Waals surface area contributed by atoms with E-state index in [-0.39, 0.29) is 17.9 Å². The van der Waals surface area contributed by atoms with Crippen LogP contribution in [0.3, 0.4) is 0 Å². The van der Waals surface area contributed by atoms with E-state index in [1.807, 2.05) is 0 Å². The Morgan fingerprint density at radius 3 is 2.43 bits per heavy atom. The zero-order valence-corrected chi connectivity index (χ0v) is 17.3. The lowest BCUT2D eigenvalue weighted by Gasteiger charge is -2.25. The van der Waals surface area contributed by atoms with E-state index >= 15 is 0 Å². The molecule has 0 amide bonds. The molecule has 0 unspecified atom stereocenters. The van der Waals surface area contributed by atoms with Gasteiger partial charge in [-0.3, -0.25) is 0 Å². The standard InChI is InChI=1S/C20H19F2N3O4S/c1-13-8-15(21)9-17(22)20(13)30(26,27)25(19-6-7-23-12-24-19)11-14-4-5-16(28-2)10-18(14)29-3/h4-10,12H,11H2,1-3H3. The number of ether oxygens (including phenoxy) is 2. The van der Waals surface area contributed by atoms with Crippen LogP contribution in [0.15, 0.2) is 53.8 Å². The van der Waals surface area contributed by atoms with E-state index in [0.29, 0.717) is 23.1 Å². The van der Waals surface area contributed by atoms with Crippen molar-refractivity contribution in [1.82, 2.24) is 9.97 Å². The topological polar surface area (TPSA) is 81.6 Å². The van der Waals surface area contributed by atoms with E-state index in [2.05, 4.69) is 9.97 Å². The van der Waals surface area contributed by atoms with E-state index in [1.165, 1.54) is 39.7 Å². The summed E-state index contributed by atoms with van der Waals surface area (Å²) in [5, 5.41) is 0. The summed E-state index contributed by atoms with van der Waals surface area (Å²) >= 11 is 0. The van der Waals surface area contributed by atoms with Gasteiger partial charge in [-0.2, -0.15) is 0 Å². The molecule has 0 aliphatic heterocycles. The predicted molar refractivity (Wildman–Crippen MR) is 106 cm³/mol. The van der Waals surface area contributed by atoms with Crippen LogP contribution in [0.5, 0.6) is 11.5 Å². The van der Waals surface area contributed by atoms with Crippen LogP contribution < -0.4 is 13.8 Å². The molecule has 2 aromatic carbocycles. The Kier molecular flexibility index (Phi) is 6.16. The number of halogens is 2. The number of aryl methyl sites for hydroxylation is 1. The lowest BCUT2D eigenvalue weighted by molar-refractivity contribution is 0.391. The number of anilines is 1. The smallest absolute Gasteiger partial charge is 0.268 e. The predicted octanol–water partition coefficient (Wildman–Crippen LogP) is 3.48. The Morgan fingerprint density at radius 2 is 1.83 bits per heavy atom. The molecular formula is C20H19F2N3O4S. The second kappa shape index (κ2) is 8.62. The number of aromatic nitrogens is 2. The van der Waals surface area contributed by atoms with Crippen LogP contribution >= 0.6 is 0 Å². The highest BCUT2D eigenvalue weighted by atomic mass is 32.2. The zero-order chi connectivity index (χ0) is 21.9. The Bertz CT molecular complexity index is 1130. The van der Waals surface area contributed by atoms with Gasteiger partial charge >= 0.3 is 0 Å². The monoisotopic (exact) mass is 435 g/mol. The molecule has 1 heterocycles. The summed E-state index contributed by atoms with van der Waals surface area (Å²) in [6.45, 7) is 1.11. The third-order valence-electron chi connectivity index (χ3n) is 4.37. The summed E-state index contributed by atoms with van der Waals surface area (Å²) in [6.07, 6.45) is 2.54. The number of nitrogens with zero attached hydrogens (tertiary/aromatic N) is 3. The molecular weight excluding hydrogens is 416 g/mol. The minimum Gasteiger partial charge on any atom is -0.497 e. The van der Waals surface area contributed by atoms with Crippen molar-refractivity contribution >= 4 is 15.8 Å². The molecule has 7 nitrogen and oxygen atoms in total. The molecule has 0 saturated heterocycles. The molecule has 0 aliphatic rings. The first kappa shape index (κ1) is 21.4. The second-order valence-corrected chi connectivity index (χ2v) is 8.09. The van der Waals surface area contributed by atoms with Gasteiger partial charge in [0.15, 0.2) is 0 Å². The van der Waals surface area contributed by atoms with Crippen molar-refractivity contribution in [3.8, 4) is 11.5 Å². The Morgan fingerprint density at radius 1 is 1.07 bits per heavy atom. The number of benzene rings is 2. The molecule has 158 valence electrons. The molecule has 0 aliphatic carbocycles. The van der Waals surface area contributed by atoms with Gasteiger partial charge in [-0.25, -0.2) is 31.5 Å². The lowest BCUT2D eigenvalue weighted by atomic mass is 10.2. The van der Waals surface area contributed by atoms with Gasteiger partial charge in [0.05, 0.1) is 20.8 Å². The van der Waals surface area contributed by atoms with Crippen molar-refractivity contribution in [2.75, 3.05) is 18.5 Å². The SMILES string of the molecule is COc1ccc(CN(c2ccncn2)S(=O)(=O)c2c(C)cc(F)cc2F)c(OC)c1. The first-order valence-corrected chi connectivity index (χ1v) is 10.2. The molecule has 30 heavy (non-hydrogen) atoms. The molecule has 3 rings (SSSR count). The van der Waals surface area contributed by atoms with Crippen LogP contribution in [0.2, 0.25) is 0 Å². The molecule has 0 spiro atoms. The van der Waals surface area contributed by atoms with Crippen LogP contribution in [0.4, 0.5) is 14.6 Å². The van der Waals surface area contributed by atoms with E-state index in [0.717, 1.165) is 10.4 Å². The van der Waals surface area contributed by atoms with Crippen molar-refractivity contribution < 1.29 is 26.7 Å². The van der Waals surface area contributed by atoms with Gasteiger partial charge in [-0.1, -0.05) is 0 Å². The third-order valence-corrected chi connectivity index (χ3v) is 6.30. The highest BCUT2D eigenvalue weighted by Crippen LogP contribution is 2.32. The quantitative estimate of drug-likeness (QED) is 0.565. The third kappa shape index (κ3) is 4.18. The summed E-state index contributed by atoms with van der Waals surface area (Å²) in [7, 11) is -1.53. The number of hydrogen-bond donors (Lipinski definition) is 0. The van der Waals surface area contributed by atoms with Crippen molar-refractivity contribution in [2.24, 2.45) is 0 Å². The van der Waals surface area contributed by atoms with E-state index in [1.54, 1.807) is 18.2 Å². The fourth-order valence-electron chi connectivity index (χ4n) is 2.98. The van der Waals surface area contributed by atoms with Crippen molar-refractivity contribution in [3.63, 3.8) is 0 Å². The second-order valence-electron chi connectivity index (χ2n) is 6.29. The van der Waals surface area contributed by atoms with Crippen LogP contribution in [-0.2, 0) is 16.6 Å².